The Labute approximate surface area is 103 Å². The molecule has 0 atom stereocenters. The van der Waals surface area contributed by atoms with Crippen LogP contribution in [0.15, 0.2) is 30.6 Å². The Hall–Kier alpha value is -1.64. The molecule has 3 heteroatoms. The number of hydrogen-bond donors (Lipinski definition) is 0. The summed E-state index contributed by atoms with van der Waals surface area (Å²) >= 11 is 0. The second kappa shape index (κ2) is 4.32. The molecule has 2 aromatic rings. The maximum atomic E-state index is 4.36. The van der Waals surface area contributed by atoms with Gasteiger partial charge in [-0.1, -0.05) is 32.9 Å². The third-order valence-electron chi connectivity index (χ3n) is 2.55. The lowest BCUT2D eigenvalue weighted by Crippen LogP contribution is -2.14. The predicted octanol–water partition coefficient (Wildman–Crippen LogP) is 3.16. The largest absolute Gasteiger partial charge is 0.220 e. The molecule has 0 saturated carbocycles. The Bertz CT molecular complexity index is 506. The fraction of sp³-hybridized carbons (Fsp3) is 0.429. The van der Waals surface area contributed by atoms with Gasteiger partial charge in [0.25, 0.3) is 0 Å². The maximum Gasteiger partial charge on any atom is 0.138 e. The molecule has 1 heterocycles. The summed E-state index contributed by atoms with van der Waals surface area (Å²) in [6.07, 6.45) is 2.55. The van der Waals surface area contributed by atoms with Crippen LogP contribution in [0.3, 0.4) is 0 Å². The van der Waals surface area contributed by atoms with Gasteiger partial charge < -0.3 is 0 Å². The molecule has 0 spiro atoms. The van der Waals surface area contributed by atoms with Crippen molar-refractivity contribution >= 4 is 0 Å². The number of benzene rings is 1. The van der Waals surface area contributed by atoms with Crippen LogP contribution in [-0.4, -0.2) is 14.8 Å². The quantitative estimate of drug-likeness (QED) is 0.792. The molecular formula is C14H19N3. The third-order valence-corrected chi connectivity index (χ3v) is 2.55. The smallest absolute Gasteiger partial charge is 0.138 e. The average molecular weight is 229 g/mol. The van der Waals surface area contributed by atoms with Gasteiger partial charge in [0.1, 0.15) is 12.2 Å². The van der Waals surface area contributed by atoms with Crippen LogP contribution >= 0.6 is 0 Å². The van der Waals surface area contributed by atoms with E-state index in [4.69, 9.17) is 0 Å². The lowest BCUT2D eigenvalue weighted by atomic mass is 9.92. The third kappa shape index (κ3) is 2.93. The second-order valence-electron chi connectivity index (χ2n) is 5.66. The highest BCUT2D eigenvalue weighted by Gasteiger charge is 2.16. The van der Waals surface area contributed by atoms with Crippen LogP contribution in [0.4, 0.5) is 0 Å². The SMILES string of the molecule is Cc1cccc(-n2ncnc2CC(C)(C)C)c1. The Morgan fingerprint density at radius 1 is 1.24 bits per heavy atom. The molecule has 17 heavy (non-hydrogen) atoms. The molecule has 1 aromatic carbocycles. The monoisotopic (exact) mass is 229 g/mol. The number of rotatable bonds is 2. The van der Waals surface area contributed by atoms with Crippen LogP contribution in [-0.2, 0) is 6.42 Å². The van der Waals surface area contributed by atoms with Crippen LogP contribution in [0.2, 0.25) is 0 Å². The molecule has 1 aromatic heterocycles. The van der Waals surface area contributed by atoms with Gasteiger partial charge in [-0.3, -0.25) is 0 Å². The van der Waals surface area contributed by atoms with Gasteiger partial charge in [-0.2, -0.15) is 5.10 Å². The first kappa shape index (κ1) is 11.8. The first-order chi connectivity index (χ1) is 7.96. The van der Waals surface area contributed by atoms with Crippen molar-refractivity contribution in [1.82, 2.24) is 14.8 Å². The van der Waals surface area contributed by atoms with Gasteiger partial charge in [0, 0.05) is 6.42 Å². The van der Waals surface area contributed by atoms with E-state index in [0.29, 0.717) is 0 Å². The van der Waals surface area contributed by atoms with Crippen LogP contribution in [0.5, 0.6) is 0 Å². The molecule has 0 unspecified atom stereocenters. The highest BCUT2D eigenvalue weighted by molar-refractivity contribution is 5.35. The van der Waals surface area contributed by atoms with Crippen molar-refractivity contribution in [3.63, 3.8) is 0 Å². The minimum atomic E-state index is 0.217. The summed E-state index contributed by atoms with van der Waals surface area (Å²) in [6, 6.07) is 8.33. The van der Waals surface area contributed by atoms with E-state index < -0.39 is 0 Å². The lowest BCUT2D eigenvalue weighted by Gasteiger charge is -2.17. The van der Waals surface area contributed by atoms with Crippen molar-refractivity contribution in [1.29, 1.82) is 0 Å². The van der Waals surface area contributed by atoms with E-state index in [-0.39, 0.29) is 5.41 Å². The van der Waals surface area contributed by atoms with Gasteiger partial charge in [-0.05, 0) is 30.0 Å². The summed E-state index contributed by atoms with van der Waals surface area (Å²) in [4.78, 5) is 4.36. The lowest BCUT2D eigenvalue weighted by molar-refractivity contribution is 0.396. The van der Waals surface area contributed by atoms with Crippen molar-refractivity contribution in [3.8, 4) is 5.69 Å². The van der Waals surface area contributed by atoms with Crippen molar-refractivity contribution in [2.75, 3.05) is 0 Å². The van der Waals surface area contributed by atoms with Gasteiger partial charge in [0.2, 0.25) is 0 Å². The first-order valence-corrected chi connectivity index (χ1v) is 5.92. The van der Waals surface area contributed by atoms with Crippen molar-refractivity contribution in [3.05, 3.63) is 42.0 Å². The maximum absolute atomic E-state index is 4.36. The van der Waals surface area contributed by atoms with Crippen molar-refractivity contribution < 1.29 is 0 Å². The van der Waals surface area contributed by atoms with Crippen LogP contribution in [0.1, 0.15) is 32.2 Å². The highest BCUT2D eigenvalue weighted by Crippen LogP contribution is 2.20. The summed E-state index contributed by atoms with van der Waals surface area (Å²) in [5.41, 5.74) is 2.54. The van der Waals surface area contributed by atoms with E-state index in [0.717, 1.165) is 17.9 Å². The van der Waals surface area contributed by atoms with Crippen molar-refractivity contribution in [2.45, 2.75) is 34.1 Å². The summed E-state index contributed by atoms with van der Waals surface area (Å²) in [5, 5.41) is 4.32. The van der Waals surface area contributed by atoms with Crippen LogP contribution in [0, 0.1) is 12.3 Å². The highest BCUT2D eigenvalue weighted by atomic mass is 15.3. The normalized spacial score (nSPS) is 11.8. The van der Waals surface area contributed by atoms with E-state index in [1.165, 1.54) is 5.56 Å². The van der Waals surface area contributed by atoms with Crippen molar-refractivity contribution in [2.24, 2.45) is 5.41 Å². The fourth-order valence-electron chi connectivity index (χ4n) is 1.84. The van der Waals surface area contributed by atoms with Crippen LogP contribution < -0.4 is 0 Å². The summed E-state index contributed by atoms with van der Waals surface area (Å²) in [7, 11) is 0. The zero-order valence-corrected chi connectivity index (χ0v) is 10.9. The average Bonchev–Trinajstić information content (AvgIpc) is 2.63. The van der Waals surface area contributed by atoms with Crippen LogP contribution in [0.25, 0.3) is 5.69 Å². The number of aromatic nitrogens is 3. The van der Waals surface area contributed by atoms with E-state index in [9.17, 15) is 0 Å². The van der Waals surface area contributed by atoms with E-state index >= 15 is 0 Å². The minimum absolute atomic E-state index is 0.217. The molecule has 0 saturated heterocycles. The predicted molar refractivity (Wildman–Crippen MR) is 69.3 cm³/mol. The van der Waals surface area contributed by atoms with Gasteiger partial charge in [0.05, 0.1) is 5.69 Å². The molecule has 0 aliphatic rings. The zero-order chi connectivity index (χ0) is 12.5. The molecule has 0 N–H and O–H groups in total. The Morgan fingerprint density at radius 3 is 2.65 bits per heavy atom. The Balaban J connectivity index is 2.37. The standard InChI is InChI=1S/C14H19N3/c1-11-6-5-7-12(8-11)17-13(15-10-16-17)9-14(2,3)4/h5-8,10H,9H2,1-4H3. The Morgan fingerprint density at radius 2 is 2.00 bits per heavy atom. The summed E-state index contributed by atoms with van der Waals surface area (Å²) < 4.78 is 1.93. The van der Waals surface area contributed by atoms with Gasteiger partial charge in [-0.25, -0.2) is 9.67 Å². The molecule has 0 aliphatic heterocycles. The van der Waals surface area contributed by atoms with Gasteiger partial charge >= 0.3 is 0 Å². The topological polar surface area (TPSA) is 30.7 Å². The minimum Gasteiger partial charge on any atom is -0.220 e. The number of nitrogens with zero attached hydrogens (tertiary/aromatic N) is 3. The molecule has 2 rings (SSSR count). The molecule has 3 nitrogen and oxygen atoms in total. The molecular weight excluding hydrogens is 210 g/mol. The zero-order valence-electron chi connectivity index (χ0n) is 10.9. The summed E-state index contributed by atoms with van der Waals surface area (Å²) in [5.74, 6) is 1.02. The van der Waals surface area contributed by atoms with E-state index in [1.54, 1.807) is 6.33 Å². The molecule has 0 radical (unpaired) electrons. The molecule has 0 fully saturated rings. The molecule has 0 aliphatic carbocycles. The fourth-order valence-corrected chi connectivity index (χ4v) is 1.84. The molecule has 0 amide bonds. The van der Waals surface area contributed by atoms with E-state index in [2.05, 4.69) is 56.0 Å². The second-order valence-corrected chi connectivity index (χ2v) is 5.66. The molecule has 90 valence electrons. The summed E-state index contributed by atoms with van der Waals surface area (Å²) in [6.45, 7) is 8.72. The van der Waals surface area contributed by atoms with E-state index in [1.807, 2.05) is 10.7 Å². The number of hydrogen-bond acceptors (Lipinski definition) is 2. The first-order valence-electron chi connectivity index (χ1n) is 5.92. The van der Waals surface area contributed by atoms with Gasteiger partial charge in [-0.15, -0.1) is 0 Å². The number of aryl methyl sites for hydroxylation is 1. The Kier molecular flexibility index (Phi) is 3.01. The molecule has 0 bridgehead atoms. The van der Waals surface area contributed by atoms with Gasteiger partial charge in [0.15, 0.2) is 0 Å².